The highest BCUT2D eigenvalue weighted by Gasteiger charge is 2.18. The lowest BCUT2D eigenvalue weighted by molar-refractivity contribution is 1.02. The first kappa shape index (κ1) is 17.1. The molecular formula is C24H20ClN3. The second kappa shape index (κ2) is 6.54. The summed E-state index contributed by atoms with van der Waals surface area (Å²) in [7, 11) is 1.94. The Morgan fingerprint density at radius 1 is 0.929 bits per heavy atom. The van der Waals surface area contributed by atoms with Gasteiger partial charge in [-0.1, -0.05) is 60.1 Å². The summed E-state index contributed by atoms with van der Waals surface area (Å²) in [6.45, 7) is 0. The van der Waals surface area contributed by atoms with Crippen molar-refractivity contribution in [3.05, 3.63) is 82.9 Å². The maximum absolute atomic E-state index is 6.44. The van der Waals surface area contributed by atoms with Crippen LogP contribution < -0.4 is 10.6 Å². The van der Waals surface area contributed by atoms with E-state index in [-0.39, 0.29) is 0 Å². The molecule has 0 heterocycles. The maximum atomic E-state index is 6.44. The molecule has 138 valence electrons. The monoisotopic (exact) mass is 385 g/mol. The largest absolute Gasteiger partial charge is 0.369 e. The highest BCUT2D eigenvalue weighted by Crippen LogP contribution is 2.37. The van der Waals surface area contributed by atoms with Crippen molar-refractivity contribution >= 4 is 50.5 Å². The van der Waals surface area contributed by atoms with Crippen LogP contribution in [0.4, 0.5) is 11.4 Å². The Hall–Kier alpha value is -3.04. The van der Waals surface area contributed by atoms with Crippen LogP contribution in [0.5, 0.6) is 0 Å². The van der Waals surface area contributed by atoms with Crippen molar-refractivity contribution < 1.29 is 0 Å². The number of hydrogen-bond acceptors (Lipinski definition) is 1. The normalized spacial score (nSPS) is 13.4. The summed E-state index contributed by atoms with van der Waals surface area (Å²) < 4.78 is 0. The molecule has 0 radical (unpaired) electrons. The molecule has 4 aromatic rings. The summed E-state index contributed by atoms with van der Waals surface area (Å²) in [5, 5.41) is 5.42. The fourth-order valence-corrected chi connectivity index (χ4v) is 4.44. The van der Waals surface area contributed by atoms with Gasteiger partial charge < -0.3 is 10.6 Å². The van der Waals surface area contributed by atoms with Crippen molar-refractivity contribution in [1.29, 1.82) is 0 Å². The van der Waals surface area contributed by atoms with Crippen LogP contribution in [0.15, 0.2) is 71.7 Å². The van der Waals surface area contributed by atoms with E-state index >= 15 is 0 Å². The van der Waals surface area contributed by atoms with Crippen molar-refractivity contribution in [2.24, 2.45) is 10.7 Å². The molecule has 3 nitrogen and oxygen atoms in total. The van der Waals surface area contributed by atoms with E-state index in [1.807, 2.05) is 42.3 Å². The molecular weight excluding hydrogens is 366 g/mol. The standard InChI is InChI=1S/C24H20ClN3/c1-28(22-14-12-20(25)17-7-2-3-8-18(17)22)24(26)27-21-13-10-16-6-4-5-15-9-11-19(21)23(15)16/h2-8,10,12-14H,9,11H2,1H3,(H2,26,27). The smallest absolute Gasteiger partial charge is 0.200 e. The van der Waals surface area contributed by atoms with Crippen molar-refractivity contribution in [2.45, 2.75) is 12.8 Å². The second-order valence-electron chi connectivity index (χ2n) is 7.22. The van der Waals surface area contributed by atoms with Gasteiger partial charge in [-0.25, -0.2) is 4.99 Å². The van der Waals surface area contributed by atoms with Gasteiger partial charge in [0.25, 0.3) is 0 Å². The number of aryl methyl sites for hydroxylation is 2. The van der Waals surface area contributed by atoms with E-state index in [0.717, 1.165) is 40.0 Å². The highest BCUT2D eigenvalue weighted by atomic mass is 35.5. The Labute approximate surface area is 169 Å². The fraction of sp³-hybridized carbons (Fsp3) is 0.125. The molecule has 0 unspecified atom stereocenters. The molecule has 4 aromatic carbocycles. The number of hydrogen-bond donors (Lipinski definition) is 1. The molecule has 0 atom stereocenters. The predicted octanol–water partition coefficient (Wildman–Crippen LogP) is 5.83. The molecule has 5 rings (SSSR count). The minimum absolute atomic E-state index is 0.465. The number of benzene rings is 4. The van der Waals surface area contributed by atoms with Crippen LogP contribution in [0.2, 0.25) is 5.02 Å². The van der Waals surface area contributed by atoms with Gasteiger partial charge in [0.05, 0.1) is 11.4 Å². The number of aliphatic imine (C=N–C) groups is 1. The third-order valence-electron chi connectivity index (χ3n) is 5.65. The highest BCUT2D eigenvalue weighted by molar-refractivity contribution is 6.36. The van der Waals surface area contributed by atoms with Gasteiger partial charge in [0.15, 0.2) is 0 Å². The topological polar surface area (TPSA) is 41.6 Å². The Morgan fingerprint density at radius 2 is 1.75 bits per heavy atom. The Balaban J connectivity index is 1.60. The third kappa shape index (κ3) is 2.62. The number of fused-ring (bicyclic) bond motifs is 1. The van der Waals surface area contributed by atoms with E-state index in [1.54, 1.807) is 0 Å². The van der Waals surface area contributed by atoms with Gasteiger partial charge in [0.1, 0.15) is 0 Å². The zero-order chi connectivity index (χ0) is 19.3. The number of nitrogens with zero attached hydrogens (tertiary/aromatic N) is 2. The quantitative estimate of drug-likeness (QED) is 0.348. The van der Waals surface area contributed by atoms with Crippen molar-refractivity contribution in [3.63, 3.8) is 0 Å². The van der Waals surface area contributed by atoms with Gasteiger partial charge in [0.2, 0.25) is 5.96 Å². The van der Waals surface area contributed by atoms with Gasteiger partial charge in [-0.2, -0.15) is 0 Å². The molecule has 0 fully saturated rings. The van der Waals surface area contributed by atoms with E-state index in [9.17, 15) is 0 Å². The van der Waals surface area contributed by atoms with Gasteiger partial charge in [-0.3, -0.25) is 0 Å². The lowest BCUT2D eigenvalue weighted by Gasteiger charge is -2.21. The van der Waals surface area contributed by atoms with E-state index in [0.29, 0.717) is 5.96 Å². The molecule has 0 aliphatic heterocycles. The van der Waals surface area contributed by atoms with Crippen molar-refractivity contribution in [1.82, 2.24) is 0 Å². The van der Waals surface area contributed by atoms with Gasteiger partial charge in [-0.05, 0) is 52.9 Å². The van der Waals surface area contributed by atoms with Gasteiger partial charge in [0, 0.05) is 22.8 Å². The number of guanidine groups is 1. The SMILES string of the molecule is CN(C(N)=Nc1ccc2cccc3c2c1CC3)c1ccc(Cl)c2ccccc12. The first-order valence-corrected chi connectivity index (χ1v) is 9.80. The Bertz CT molecular complexity index is 1260. The molecule has 2 N–H and O–H groups in total. The van der Waals surface area contributed by atoms with E-state index in [2.05, 4.69) is 36.4 Å². The number of rotatable bonds is 2. The van der Waals surface area contributed by atoms with E-state index in [1.165, 1.54) is 21.9 Å². The summed E-state index contributed by atoms with van der Waals surface area (Å²) >= 11 is 6.36. The minimum atomic E-state index is 0.465. The van der Waals surface area contributed by atoms with Gasteiger partial charge >= 0.3 is 0 Å². The zero-order valence-electron chi connectivity index (χ0n) is 15.6. The molecule has 28 heavy (non-hydrogen) atoms. The Kier molecular flexibility index (Phi) is 3.99. The first-order valence-electron chi connectivity index (χ1n) is 9.42. The number of anilines is 1. The van der Waals surface area contributed by atoms with Crippen LogP contribution in [0.1, 0.15) is 11.1 Å². The first-order chi connectivity index (χ1) is 13.6. The number of halogens is 1. The van der Waals surface area contributed by atoms with Crippen molar-refractivity contribution in [2.75, 3.05) is 11.9 Å². The molecule has 0 saturated heterocycles. The average Bonchev–Trinajstić information content (AvgIpc) is 3.16. The summed E-state index contributed by atoms with van der Waals surface area (Å²) in [6.07, 6.45) is 2.08. The average molecular weight is 386 g/mol. The third-order valence-corrected chi connectivity index (χ3v) is 5.98. The summed E-state index contributed by atoms with van der Waals surface area (Å²) in [5.74, 6) is 0.465. The van der Waals surface area contributed by atoms with Crippen LogP contribution in [-0.4, -0.2) is 13.0 Å². The molecule has 0 bridgehead atoms. The summed E-state index contributed by atoms with van der Waals surface area (Å²) in [6, 6.07) is 22.7. The van der Waals surface area contributed by atoms with Crippen LogP contribution in [0, 0.1) is 0 Å². The fourth-order valence-electron chi connectivity index (χ4n) is 4.21. The van der Waals surface area contributed by atoms with E-state index in [4.69, 9.17) is 22.3 Å². The lowest BCUT2D eigenvalue weighted by Crippen LogP contribution is -2.33. The van der Waals surface area contributed by atoms with Crippen LogP contribution in [-0.2, 0) is 12.8 Å². The zero-order valence-corrected chi connectivity index (χ0v) is 16.4. The molecule has 0 saturated carbocycles. The molecule has 0 spiro atoms. The van der Waals surface area contributed by atoms with Gasteiger partial charge in [-0.15, -0.1) is 0 Å². The molecule has 0 amide bonds. The predicted molar refractivity (Wildman–Crippen MR) is 120 cm³/mol. The number of nitrogens with two attached hydrogens (primary N) is 1. The summed E-state index contributed by atoms with van der Waals surface area (Å²) in [5.41, 5.74) is 11.1. The van der Waals surface area contributed by atoms with E-state index < -0.39 is 0 Å². The Morgan fingerprint density at radius 3 is 2.61 bits per heavy atom. The molecule has 1 aliphatic rings. The second-order valence-corrected chi connectivity index (χ2v) is 7.63. The maximum Gasteiger partial charge on any atom is 0.200 e. The van der Waals surface area contributed by atoms with Crippen LogP contribution in [0.25, 0.3) is 21.5 Å². The van der Waals surface area contributed by atoms with Crippen molar-refractivity contribution in [3.8, 4) is 0 Å². The lowest BCUT2D eigenvalue weighted by atomic mass is 10.0. The molecule has 0 aromatic heterocycles. The minimum Gasteiger partial charge on any atom is -0.369 e. The molecule has 1 aliphatic carbocycles. The van der Waals surface area contributed by atoms with Crippen LogP contribution >= 0.6 is 11.6 Å². The van der Waals surface area contributed by atoms with Crippen LogP contribution in [0.3, 0.4) is 0 Å². The molecule has 4 heteroatoms. The summed E-state index contributed by atoms with van der Waals surface area (Å²) in [4.78, 5) is 6.73.